The number of thioether (sulfide) groups is 1. The van der Waals surface area contributed by atoms with Gasteiger partial charge in [0, 0.05) is 4.47 Å². The first-order valence-electron chi connectivity index (χ1n) is 8.00. The Morgan fingerprint density at radius 1 is 1.23 bits per heavy atom. The Morgan fingerprint density at radius 3 is 2.62 bits per heavy atom. The van der Waals surface area contributed by atoms with Crippen molar-refractivity contribution >= 4 is 33.6 Å². The molecule has 1 amide bonds. The quantitative estimate of drug-likeness (QED) is 0.540. The highest BCUT2D eigenvalue weighted by molar-refractivity contribution is 9.10. The summed E-state index contributed by atoms with van der Waals surface area (Å²) in [7, 11) is 0. The van der Waals surface area contributed by atoms with Crippen molar-refractivity contribution in [3.8, 4) is 11.3 Å². The number of aromatic amines is 1. The van der Waals surface area contributed by atoms with Crippen molar-refractivity contribution in [2.45, 2.75) is 18.1 Å². The summed E-state index contributed by atoms with van der Waals surface area (Å²) in [6.07, 6.45) is 1.75. The summed E-state index contributed by atoms with van der Waals surface area (Å²) in [4.78, 5) is 19.6. The number of nitrogens with one attached hydrogen (secondary N) is 2. The van der Waals surface area contributed by atoms with Gasteiger partial charge >= 0.3 is 0 Å². The summed E-state index contributed by atoms with van der Waals surface area (Å²) < 4.78 is 14.0. The predicted molar refractivity (Wildman–Crippen MR) is 105 cm³/mol. The lowest BCUT2D eigenvalue weighted by Crippen LogP contribution is -2.28. The summed E-state index contributed by atoms with van der Waals surface area (Å²) in [6, 6.07) is 13.8. The van der Waals surface area contributed by atoms with Crippen LogP contribution in [-0.4, -0.2) is 21.6 Å². The van der Waals surface area contributed by atoms with Crippen LogP contribution in [0, 0.1) is 5.82 Å². The molecule has 1 heterocycles. The molecule has 0 bridgehead atoms. The molecule has 7 heteroatoms. The van der Waals surface area contributed by atoms with Crippen molar-refractivity contribution in [2.24, 2.45) is 0 Å². The lowest BCUT2D eigenvalue weighted by molar-refractivity contribution is -0.119. The molecular formula is C19H17BrFN3OS. The number of H-pyrrole nitrogens is 1. The van der Waals surface area contributed by atoms with E-state index in [0.717, 1.165) is 21.3 Å². The van der Waals surface area contributed by atoms with E-state index in [1.54, 1.807) is 18.3 Å². The number of rotatable bonds is 6. The molecule has 134 valence electrons. The second-order valence-electron chi connectivity index (χ2n) is 5.74. The number of aromatic nitrogens is 2. The Bertz CT molecular complexity index is 881. The molecule has 2 N–H and O–H groups in total. The van der Waals surface area contributed by atoms with Crippen molar-refractivity contribution in [2.75, 3.05) is 5.75 Å². The van der Waals surface area contributed by atoms with Crippen LogP contribution < -0.4 is 5.32 Å². The van der Waals surface area contributed by atoms with Gasteiger partial charge in [-0.25, -0.2) is 9.37 Å². The molecule has 1 unspecified atom stereocenters. The highest BCUT2D eigenvalue weighted by Gasteiger charge is 2.11. The summed E-state index contributed by atoms with van der Waals surface area (Å²) in [5.74, 6) is -0.144. The number of benzene rings is 2. The minimum atomic E-state index is -0.290. The lowest BCUT2D eigenvalue weighted by Gasteiger charge is -2.13. The molecule has 0 spiro atoms. The van der Waals surface area contributed by atoms with Crippen LogP contribution in [0.15, 0.2) is 64.4 Å². The molecule has 3 rings (SSSR count). The number of amides is 1. The number of imidazole rings is 1. The third-order valence-electron chi connectivity index (χ3n) is 3.80. The summed E-state index contributed by atoms with van der Waals surface area (Å²) >= 11 is 4.75. The molecule has 0 aliphatic carbocycles. The molecule has 0 aliphatic heterocycles. The largest absolute Gasteiger partial charge is 0.349 e. The van der Waals surface area contributed by atoms with Gasteiger partial charge in [-0.2, -0.15) is 0 Å². The fourth-order valence-electron chi connectivity index (χ4n) is 2.40. The van der Waals surface area contributed by atoms with Crippen molar-refractivity contribution in [1.82, 2.24) is 15.3 Å². The van der Waals surface area contributed by atoms with Gasteiger partial charge in [0.15, 0.2) is 5.16 Å². The smallest absolute Gasteiger partial charge is 0.230 e. The molecule has 3 aromatic rings. The lowest BCUT2D eigenvalue weighted by atomic mass is 10.1. The van der Waals surface area contributed by atoms with Crippen molar-refractivity contribution in [3.63, 3.8) is 0 Å². The zero-order valence-corrected chi connectivity index (χ0v) is 16.4. The van der Waals surface area contributed by atoms with E-state index in [-0.39, 0.29) is 23.5 Å². The third kappa shape index (κ3) is 4.95. The Morgan fingerprint density at radius 2 is 1.92 bits per heavy atom. The highest BCUT2D eigenvalue weighted by atomic mass is 79.9. The maximum atomic E-state index is 13.0. The van der Waals surface area contributed by atoms with Gasteiger partial charge in [-0.3, -0.25) is 4.79 Å². The topological polar surface area (TPSA) is 57.8 Å². The maximum absolute atomic E-state index is 13.0. The van der Waals surface area contributed by atoms with Crippen LogP contribution in [0.25, 0.3) is 11.3 Å². The van der Waals surface area contributed by atoms with Gasteiger partial charge in [0.25, 0.3) is 0 Å². The zero-order chi connectivity index (χ0) is 18.5. The molecule has 1 atom stereocenters. The van der Waals surface area contributed by atoms with Crippen LogP contribution in [0.3, 0.4) is 0 Å². The second kappa shape index (κ2) is 8.51. The SMILES string of the molecule is CC(NC(=O)CSc1ncc(-c2ccc(Br)cc2)[nH]1)c1ccc(F)cc1. The van der Waals surface area contributed by atoms with E-state index in [9.17, 15) is 9.18 Å². The monoisotopic (exact) mass is 433 g/mol. The average molecular weight is 434 g/mol. The van der Waals surface area contributed by atoms with Crippen LogP contribution in [0.5, 0.6) is 0 Å². The fraction of sp³-hybridized carbons (Fsp3) is 0.158. The van der Waals surface area contributed by atoms with E-state index in [1.165, 1.54) is 23.9 Å². The molecule has 1 aromatic heterocycles. The Balaban J connectivity index is 1.53. The van der Waals surface area contributed by atoms with E-state index >= 15 is 0 Å². The van der Waals surface area contributed by atoms with Crippen LogP contribution in [0.4, 0.5) is 4.39 Å². The number of carbonyl (C=O) groups is 1. The van der Waals surface area contributed by atoms with Crippen molar-refractivity contribution < 1.29 is 9.18 Å². The summed E-state index contributed by atoms with van der Waals surface area (Å²) in [5, 5.41) is 3.59. The average Bonchev–Trinajstić information content (AvgIpc) is 3.10. The summed E-state index contributed by atoms with van der Waals surface area (Å²) in [6.45, 7) is 1.87. The Labute approximate surface area is 163 Å². The van der Waals surface area contributed by atoms with Gasteiger partial charge in [-0.1, -0.05) is 52.0 Å². The van der Waals surface area contributed by atoms with E-state index in [1.807, 2.05) is 31.2 Å². The molecule has 26 heavy (non-hydrogen) atoms. The third-order valence-corrected chi connectivity index (χ3v) is 5.21. The molecule has 0 saturated carbocycles. The molecule has 0 fully saturated rings. The van der Waals surface area contributed by atoms with Crippen LogP contribution in [0.2, 0.25) is 0 Å². The molecule has 0 radical (unpaired) electrons. The summed E-state index contributed by atoms with van der Waals surface area (Å²) in [5.41, 5.74) is 2.79. The maximum Gasteiger partial charge on any atom is 0.230 e. The Kier molecular flexibility index (Phi) is 6.11. The van der Waals surface area contributed by atoms with Gasteiger partial charge in [0.05, 0.1) is 23.7 Å². The van der Waals surface area contributed by atoms with Gasteiger partial charge in [-0.05, 0) is 42.3 Å². The first-order chi connectivity index (χ1) is 12.5. The zero-order valence-electron chi connectivity index (χ0n) is 14.0. The van der Waals surface area contributed by atoms with Gasteiger partial charge in [-0.15, -0.1) is 0 Å². The molecular weight excluding hydrogens is 417 g/mol. The van der Waals surface area contributed by atoms with E-state index < -0.39 is 0 Å². The van der Waals surface area contributed by atoms with Gasteiger partial charge < -0.3 is 10.3 Å². The molecule has 0 aliphatic rings. The molecule has 4 nitrogen and oxygen atoms in total. The van der Waals surface area contributed by atoms with E-state index in [4.69, 9.17) is 0 Å². The van der Waals surface area contributed by atoms with E-state index in [0.29, 0.717) is 5.16 Å². The number of hydrogen-bond donors (Lipinski definition) is 2. The number of hydrogen-bond acceptors (Lipinski definition) is 3. The predicted octanol–water partition coefficient (Wildman–Crippen LogP) is 4.95. The van der Waals surface area contributed by atoms with Gasteiger partial charge in [0.1, 0.15) is 5.82 Å². The van der Waals surface area contributed by atoms with Gasteiger partial charge in [0.2, 0.25) is 5.91 Å². The first kappa shape index (κ1) is 18.7. The number of nitrogens with zero attached hydrogens (tertiary/aromatic N) is 1. The minimum Gasteiger partial charge on any atom is -0.349 e. The highest BCUT2D eigenvalue weighted by Crippen LogP contribution is 2.23. The standard InChI is InChI=1S/C19H17BrFN3OS/c1-12(13-4-8-16(21)9-5-13)23-18(25)11-26-19-22-10-17(24-19)14-2-6-15(20)7-3-14/h2-10,12H,11H2,1H3,(H,22,24)(H,23,25). The second-order valence-corrected chi connectivity index (χ2v) is 7.62. The fourth-order valence-corrected chi connectivity index (χ4v) is 3.33. The van der Waals surface area contributed by atoms with Crippen LogP contribution in [0.1, 0.15) is 18.5 Å². The van der Waals surface area contributed by atoms with Crippen molar-refractivity contribution in [1.29, 1.82) is 0 Å². The Hall–Kier alpha value is -2.12. The normalized spacial score (nSPS) is 12.0. The molecule has 0 saturated heterocycles. The minimum absolute atomic E-state index is 0.103. The van der Waals surface area contributed by atoms with E-state index in [2.05, 4.69) is 31.2 Å². The van der Waals surface area contributed by atoms with Crippen LogP contribution >= 0.6 is 27.7 Å². The number of carbonyl (C=O) groups excluding carboxylic acids is 1. The number of halogens is 2. The van der Waals surface area contributed by atoms with Crippen LogP contribution in [-0.2, 0) is 4.79 Å². The van der Waals surface area contributed by atoms with Crippen molar-refractivity contribution in [3.05, 3.63) is 70.6 Å². The molecule has 2 aromatic carbocycles. The first-order valence-corrected chi connectivity index (χ1v) is 9.77.